The molecule has 16 heavy (non-hydrogen) atoms. The van der Waals surface area contributed by atoms with Gasteiger partial charge in [0.2, 0.25) is 5.91 Å². The van der Waals surface area contributed by atoms with Gasteiger partial charge in [-0.1, -0.05) is 17.7 Å². The zero-order valence-electron chi connectivity index (χ0n) is 9.13. The van der Waals surface area contributed by atoms with Gasteiger partial charge in [0.05, 0.1) is 17.3 Å². The molecule has 1 aromatic rings. The highest BCUT2D eigenvalue weighted by molar-refractivity contribution is 6.33. The van der Waals surface area contributed by atoms with Crippen molar-refractivity contribution in [3.63, 3.8) is 0 Å². The van der Waals surface area contributed by atoms with Crippen molar-refractivity contribution >= 4 is 23.2 Å². The van der Waals surface area contributed by atoms with Crippen molar-refractivity contribution in [2.45, 2.75) is 6.92 Å². The van der Waals surface area contributed by atoms with Gasteiger partial charge in [-0.2, -0.15) is 0 Å². The number of ether oxygens (including phenoxy) is 1. The van der Waals surface area contributed by atoms with E-state index in [0.29, 0.717) is 23.9 Å². The lowest BCUT2D eigenvalue weighted by Crippen LogP contribution is -2.36. The molecule has 0 aliphatic carbocycles. The van der Waals surface area contributed by atoms with E-state index in [9.17, 15) is 4.79 Å². The van der Waals surface area contributed by atoms with E-state index in [1.807, 2.05) is 19.1 Å². The van der Waals surface area contributed by atoms with Gasteiger partial charge in [0, 0.05) is 6.54 Å². The minimum absolute atomic E-state index is 0.00810. The van der Waals surface area contributed by atoms with Crippen LogP contribution in [0.2, 0.25) is 5.02 Å². The fourth-order valence-electron chi connectivity index (χ4n) is 1.11. The van der Waals surface area contributed by atoms with Crippen LogP contribution in [0.15, 0.2) is 18.2 Å². The number of nitrogens with two attached hydrogens (primary N) is 1. The van der Waals surface area contributed by atoms with Crippen molar-refractivity contribution in [3.8, 4) is 0 Å². The van der Waals surface area contributed by atoms with E-state index in [-0.39, 0.29) is 12.5 Å². The second-order valence-corrected chi connectivity index (χ2v) is 3.83. The first-order chi connectivity index (χ1) is 7.59. The van der Waals surface area contributed by atoms with E-state index >= 15 is 0 Å². The largest absolute Gasteiger partial charge is 0.398 e. The highest BCUT2D eigenvalue weighted by atomic mass is 35.5. The molecule has 0 aromatic heterocycles. The Kier molecular flexibility index (Phi) is 5.08. The number of benzene rings is 1. The van der Waals surface area contributed by atoms with Crippen LogP contribution in [-0.4, -0.2) is 25.7 Å². The number of aryl methyl sites for hydroxylation is 1. The van der Waals surface area contributed by atoms with Crippen LogP contribution in [0.4, 0.5) is 5.69 Å². The second-order valence-electron chi connectivity index (χ2n) is 3.43. The summed E-state index contributed by atoms with van der Waals surface area (Å²) < 4.78 is 4.77. The Morgan fingerprint density at radius 3 is 2.62 bits per heavy atom. The maximum Gasteiger partial charge on any atom is 0.246 e. The maximum atomic E-state index is 10.2. The highest BCUT2D eigenvalue weighted by Crippen LogP contribution is 2.18. The molecule has 1 fully saturated rings. The molecule has 3 N–H and O–H groups in total. The molecule has 88 valence electrons. The number of hydrogen-bond donors (Lipinski definition) is 2. The predicted molar refractivity (Wildman–Crippen MR) is 64.4 cm³/mol. The standard InChI is InChI=1S/C7H8ClN.C4H7NO2/c1-5-2-3-7(9)6(8)4-5;6-4-3-7-2-1-5-4/h2-4H,9H2,1H3;1-3H2,(H,5,6). The van der Waals surface area contributed by atoms with E-state index in [0.717, 1.165) is 5.56 Å². The van der Waals surface area contributed by atoms with E-state index in [2.05, 4.69) is 5.32 Å². The number of carbonyl (C=O) groups is 1. The Morgan fingerprint density at radius 2 is 2.25 bits per heavy atom. The third-order valence-electron chi connectivity index (χ3n) is 1.96. The number of hydrogen-bond acceptors (Lipinski definition) is 3. The van der Waals surface area contributed by atoms with Crippen molar-refractivity contribution in [2.24, 2.45) is 0 Å². The Labute approximate surface area is 99.7 Å². The van der Waals surface area contributed by atoms with Crippen molar-refractivity contribution in [3.05, 3.63) is 28.8 Å². The molecule has 0 unspecified atom stereocenters. The quantitative estimate of drug-likeness (QED) is 0.676. The smallest absolute Gasteiger partial charge is 0.246 e. The van der Waals surface area contributed by atoms with E-state index in [1.54, 1.807) is 6.07 Å². The first-order valence-corrected chi connectivity index (χ1v) is 5.33. The summed E-state index contributed by atoms with van der Waals surface area (Å²) in [5.41, 5.74) is 7.23. The van der Waals surface area contributed by atoms with Crippen LogP contribution in [0.1, 0.15) is 5.56 Å². The van der Waals surface area contributed by atoms with Crippen LogP contribution in [0.5, 0.6) is 0 Å². The number of halogens is 1. The number of nitrogens with one attached hydrogen (secondary N) is 1. The summed E-state index contributed by atoms with van der Waals surface area (Å²) in [5, 5.41) is 3.25. The topological polar surface area (TPSA) is 64.4 Å². The first kappa shape index (κ1) is 12.8. The minimum atomic E-state index is -0.00810. The molecule has 2 rings (SSSR count). The molecule has 0 spiro atoms. The average Bonchev–Trinajstić information content (AvgIpc) is 2.26. The number of carbonyl (C=O) groups excluding carboxylic acids is 1. The van der Waals surface area contributed by atoms with Crippen molar-refractivity contribution in [1.82, 2.24) is 5.32 Å². The Hall–Kier alpha value is -1.26. The molecule has 0 saturated carbocycles. The molecule has 1 saturated heterocycles. The normalized spacial score (nSPS) is 14.8. The lowest BCUT2D eigenvalue weighted by molar-refractivity contribution is -0.128. The molecule has 1 aliphatic heterocycles. The van der Waals surface area contributed by atoms with Gasteiger partial charge in [-0.3, -0.25) is 4.79 Å². The van der Waals surface area contributed by atoms with E-state index in [1.165, 1.54) is 0 Å². The Bertz CT molecular complexity index is 361. The minimum Gasteiger partial charge on any atom is -0.398 e. The summed E-state index contributed by atoms with van der Waals surface area (Å²) in [7, 11) is 0. The molecule has 1 amide bonds. The molecule has 1 heterocycles. The number of morpholine rings is 1. The zero-order chi connectivity index (χ0) is 12.0. The molecule has 0 atom stereocenters. The maximum absolute atomic E-state index is 10.2. The highest BCUT2D eigenvalue weighted by Gasteiger charge is 2.04. The third kappa shape index (κ3) is 4.51. The fraction of sp³-hybridized carbons (Fsp3) is 0.364. The van der Waals surface area contributed by atoms with Crippen molar-refractivity contribution < 1.29 is 9.53 Å². The summed E-state index contributed by atoms with van der Waals surface area (Å²) in [4.78, 5) is 10.2. The van der Waals surface area contributed by atoms with Crippen LogP contribution in [0.3, 0.4) is 0 Å². The second kappa shape index (κ2) is 6.35. The Morgan fingerprint density at radius 1 is 1.50 bits per heavy atom. The van der Waals surface area contributed by atoms with Crippen LogP contribution in [-0.2, 0) is 9.53 Å². The fourth-order valence-corrected chi connectivity index (χ4v) is 1.35. The molecule has 1 aromatic carbocycles. The number of anilines is 1. The molecule has 5 heteroatoms. The summed E-state index contributed by atoms with van der Waals surface area (Å²) in [5.74, 6) is -0.00810. The van der Waals surface area contributed by atoms with Crippen LogP contribution < -0.4 is 11.1 Å². The summed E-state index contributed by atoms with van der Waals surface area (Å²) >= 11 is 5.69. The van der Waals surface area contributed by atoms with Crippen molar-refractivity contribution in [1.29, 1.82) is 0 Å². The lowest BCUT2D eigenvalue weighted by Gasteiger charge is -2.10. The van der Waals surface area contributed by atoms with Gasteiger partial charge < -0.3 is 15.8 Å². The van der Waals surface area contributed by atoms with E-state index in [4.69, 9.17) is 22.1 Å². The van der Waals surface area contributed by atoms with Gasteiger partial charge >= 0.3 is 0 Å². The predicted octanol–water partition coefficient (Wildman–Crippen LogP) is 1.36. The van der Waals surface area contributed by atoms with Crippen molar-refractivity contribution in [2.75, 3.05) is 25.5 Å². The van der Waals surface area contributed by atoms with Crippen LogP contribution >= 0.6 is 11.6 Å². The number of nitrogen functional groups attached to an aromatic ring is 1. The van der Waals surface area contributed by atoms with Crippen LogP contribution in [0, 0.1) is 6.92 Å². The van der Waals surface area contributed by atoms with Crippen LogP contribution in [0.25, 0.3) is 0 Å². The van der Waals surface area contributed by atoms with Gasteiger partial charge in [0.1, 0.15) is 6.61 Å². The molecular weight excluding hydrogens is 228 g/mol. The lowest BCUT2D eigenvalue weighted by atomic mass is 10.2. The van der Waals surface area contributed by atoms with Gasteiger partial charge in [0.15, 0.2) is 0 Å². The summed E-state index contributed by atoms with van der Waals surface area (Å²) in [6.07, 6.45) is 0. The van der Waals surface area contributed by atoms with Gasteiger partial charge in [0.25, 0.3) is 0 Å². The monoisotopic (exact) mass is 242 g/mol. The molecule has 0 radical (unpaired) electrons. The molecule has 1 aliphatic rings. The summed E-state index contributed by atoms with van der Waals surface area (Å²) in [6.45, 7) is 3.54. The summed E-state index contributed by atoms with van der Waals surface area (Å²) in [6, 6.07) is 5.58. The molecule has 0 bridgehead atoms. The number of rotatable bonds is 0. The Balaban J connectivity index is 0.000000165. The number of amides is 1. The average molecular weight is 243 g/mol. The molecular formula is C11H15ClN2O2. The molecule has 4 nitrogen and oxygen atoms in total. The SMILES string of the molecule is Cc1ccc(N)c(Cl)c1.O=C1COCCN1. The third-order valence-corrected chi connectivity index (χ3v) is 2.29. The van der Waals surface area contributed by atoms with Gasteiger partial charge in [-0.25, -0.2) is 0 Å². The zero-order valence-corrected chi connectivity index (χ0v) is 9.88. The first-order valence-electron chi connectivity index (χ1n) is 4.95. The van der Waals surface area contributed by atoms with Gasteiger partial charge in [-0.15, -0.1) is 0 Å². The van der Waals surface area contributed by atoms with Gasteiger partial charge in [-0.05, 0) is 24.6 Å². The van der Waals surface area contributed by atoms with E-state index < -0.39 is 0 Å².